The Labute approximate surface area is 180 Å². The molecule has 154 valence electrons. The number of hydrogen-bond acceptors (Lipinski definition) is 6. The second-order valence-electron chi connectivity index (χ2n) is 8.28. The highest BCUT2D eigenvalue weighted by Crippen LogP contribution is 2.38. The Hall–Kier alpha value is -2.80. The van der Waals surface area contributed by atoms with Crippen molar-refractivity contribution >= 4 is 17.2 Å². The van der Waals surface area contributed by atoms with Crippen molar-refractivity contribution in [3.05, 3.63) is 59.0 Å². The summed E-state index contributed by atoms with van der Waals surface area (Å²) in [5.74, 6) is 1.05. The molecule has 5 heterocycles. The van der Waals surface area contributed by atoms with E-state index in [1.54, 1.807) is 12.4 Å². The number of aromatic nitrogens is 3. The van der Waals surface area contributed by atoms with E-state index in [4.69, 9.17) is 4.74 Å². The van der Waals surface area contributed by atoms with E-state index in [1.807, 2.05) is 48.5 Å². The minimum atomic E-state index is -0.0367. The van der Waals surface area contributed by atoms with Crippen LogP contribution in [0.1, 0.15) is 40.9 Å². The van der Waals surface area contributed by atoms with Crippen molar-refractivity contribution in [1.29, 1.82) is 0 Å². The van der Waals surface area contributed by atoms with Crippen LogP contribution in [0.4, 0.5) is 0 Å². The summed E-state index contributed by atoms with van der Waals surface area (Å²) in [6, 6.07) is 5.96. The molecule has 1 amide bonds. The SMILES string of the molecule is Cc1ccc(OC2CC3CCC2N(C(=O)c2ncc(C)cc2-c2nccs2)C3)nc1. The van der Waals surface area contributed by atoms with E-state index < -0.39 is 0 Å². The third kappa shape index (κ3) is 3.58. The summed E-state index contributed by atoms with van der Waals surface area (Å²) in [5.41, 5.74) is 3.41. The monoisotopic (exact) mass is 420 g/mol. The summed E-state index contributed by atoms with van der Waals surface area (Å²) in [6.07, 6.45) is 8.35. The van der Waals surface area contributed by atoms with Crippen molar-refractivity contribution in [2.45, 2.75) is 45.3 Å². The lowest BCUT2D eigenvalue weighted by molar-refractivity contribution is -0.0315. The van der Waals surface area contributed by atoms with Gasteiger partial charge in [0.15, 0.2) is 0 Å². The van der Waals surface area contributed by atoms with Crippen molar-refractivity contribution in [3.63, 3.8) is 0 Å². The van der Waals surface area contributed by atoms with Crippen LogP contribution in [-0.4, -0.2) is 44.4 Å². The average molecular weight is 421 g/mol. The second-order valence-corrected chi connectivity index (χ2v) is 9.17. The molecule has 1 saturated carbocycles. The number of rotatable bonds is 4. The number of piperidine rings is 2. The Morgan fingerprint density at radius 1 is 1.13 bits per heavy atom. The number of pyridine rings is 2. The van der Waals surface area contributed by atoms with Crippen LogP contribution in [0.5, 0.6) is 5.88 Å². The molecule has 7 heteroatoms. The van der Waals surface area contributed by atoms with Gasteiger partial charge >= 0.3 is 0 Å². The first-order valence-electron chi connectivity index (χ1n) is 10.4. The van der Waals surface area contributed by atoms with Crippen LogP contribution in [0.25, 0.3) is 10.6 Å². The zero-order chi connectivity index (χ0) is 20.7. The van der Waals surface area contributed by atoms with E-state index in [-0.39, 0.29) is 18.1 Å². The summed E-state index contributed by atoms with van der Waals surface area (Å²) in [5, 5.41) is 2.75. The first-order chi connectivity index (χ1) is 14.6. The van der Waals surface area contributed by atoms with E-state index in [1.165, 1.54) is 11.3 Å². The minimum Gasteiger partial charge on any atom is -0.472 e. The van der Waals surface area contributed by atoms with Gasteiger partial charge in [-0.05, 0) is 56.2 Å². The smallest absolute Gasteiger partial charge is 0.273 e. The van der Waals surface area contributed by atoms with Crippen LogP contribution in [0.2, 0.25) is 0 Å². The van der Waals surface area contributed by atoms with Gasteiger partial charge in [-0.3, -0.25) is 9.78 Å². The predicted octanol–water partition coefficient (Wildman–Crippen LogP) is 4.29. The van der Waals surface area contributed by atoms with Crippen LogP contribution in [-0.2, 0) is 0 Å². The molecule has 30 heavy (non-hydrogen) atoms. The van der Waals surface area contributed by atoms with Gasteiger partial charge in [-0.25, -0.2) is 9.97 Å². The number of carbonyl (C=O) groups excluding carboxylic acids is 1. The van der Waals surface area contributed by atoms with E-state index in [2.05, 4.69) is 15.0 Å². The number of amides is 1. The molecule has 0 aromatic carbocycles. The van der Waals surface area contributed by atoms with Crippen molar-refractivity contribution in [3.8, 4) is 16.5 Å². The van der Waals surface area contributed by atoms with Crippen molar-refractivity contribution in [2.24, 2.45) is 5.92 Å². The lowest BCUT2D eigenvalue weighted by Crippen LogP contribution is -2.59. The van der Waals surface area contributed by atoms with E-state index in [0.717, 1.165) is 47.5 Å². The Kier molecular flexibility index (Phi) is 4.98. The number of nitrogens with zero attached hydrogens (tertiary/aromatic N) is 4. The molecule has 2 saturated heterocycles. The highest BCUT2D eigenvalue weighted by Gasteiger charge is 2.45. The summed E-state index contributed by atoms with van der Waals surface area (Å²) >= 11 is 1.53. The zero-order valence-corrected chi connectivity index (χ0v) is 17.9. The van der Waals surface area contributed by atoms with Gasteiger partial charge in [0.2, 0.25) is 5.88 Å². The van der Waals surface area contributed by atoms with Gasteiger partial charge in [0.25, 0.3) is 5.91 Å². The third-order valence-corrected chi connectivity index (χ3v) is 6.83. The summed E-state index contributed by atoms with van der Waals surface area (Å²) < 4.78 is 6.25. The van der Waals surface area contributed by atoms with Gasteiger partial charge in [-0.1, -0.05) is 6.07 Å². The maximum absolute atomic E-state index is 13.6. The van der Waals surface area contributed by atoms with Crippen molar-refractivity contribution in [1.82, 2.24) is 19.9 Å². The molecule has 0 N–H and O–H groups in total. The molecule has 3 aromatic rings. The molecule has 2 bridgehead atoms. The minimum absolute atomic E-state index is 0.0277. The summed E-state index contributed by atoms with van der Waals surface area (Å²) in [6.45, 7) is 4.76. The number of thiazole rings is 1. The van der Waals surface area contributed by atoms with Crippen LogP contribution < -0.4 is 4.74 Å². The number of fused-ring (bicyclic) bond motifs is 3. The quantitative estimate of drug-likeness (QED) is 0.630. The van der Waals surface area contributed by atoms with E-state index in [0.29, 0.717) is 17.5 Å². The summed E-state index contributed by atoms with van der Waals surface area (Å²) in [4.78, 5) is 29.0. The van der Waals surface area contributed by atoms with E-state index in [9.17, 15) is 4.79 Å². The largest absolute Gasteiger partial charge is 0.472 e. The average Bonchev–Trinajstić information content (AvgIpc) is 3.30. The standard InChI is InChI=1S/C23H24N4O2S/c1-14-3-6-20(25-11-14)29-19-10-16-4-5-18(19)27(13-16)23(28)21-17(9-15(2)12-26-21)22-24-7-8-30-22/h3,6-9,11-12,16,18-19H,4-5,10,13H2,1-2H3. The molecule has 3 unspecified atom stereocenters. The first-order valence-corrected chi connectivity index (χ1v) is 11.2. The molecule has 3 atom stereocenters. The predicted molar refractivity (Wildman–Crippen MR) is 116 cm³/mol. The molecule has 1 aliphatic carbocycles. The Morgan fingerprint density at radius 2 is 2.00 bits per heavy atom. The molecule has 2 aliphatic heterocycles. The molecule has 3 fully saturated rings. The molecule has 0 spiro atoms. The molecular formula is C23H24N4O2S. The molecular weight excluding hydrogens is 396 g/mol. The number of carbonyl (C=O) groups is 1. The van der Waals surface area contributed by atoms with Gasteiger partial charge in [-0.2, -0.15) is 0 Å². The van der Waals surface area contributed by atoms with Gasteiger partial charge in [0.1, 0.15) is 16.8 Å². The Bertz CT molecular complexity index is 1050. The third-order valence-electron chi connectivity index (χ3n) is 6.03. The Morgan fingerprint density at radius 3 is 2.73 bits per heavy atom. The molecule has 6 rings (SSSR count). The fourth-order valence-electron chi connectivity index (χ4n) is 4.57. The first kappa shape index (κ1) is 19.2. The summed E-state index contributed by atoms with van der Waals surface area (Å²) in [7, 11) is 0. The number of aryl methyl sites for hydroxylation is 2. The van der Waals surface area contributed by atoms with Crippen LogP contribution in [0.3, 0.4) is 0 Å². The fraction of sp³-hybridized carbons (Fsp3) is 0.391. The van der Waals surface area contributed by atoms with Crippen LogP contribution >= 0.6 is 11.3 Å². The van der Waals surface area contributed by atoms with Gasteiger partial charge < -0.3 is 9.64 Å². The Balaban J connectivity index is 1.43. The van der Waals surface area contributed by atoms with Gasteiger partial charge in [0, 0.05) is 42.1 Å². The highest BCUT2D eigenvalue weighted by atomic mass is 32.1. The lowest BCUT2D eigenvalue weighted by atomic mass is 9.77. The molecule has 3 aromatic heterocycles. The topological polar surface area (TPSA) is 68.2 Å². The van der Waals surface area contributed by atoms with Gasteiger partial charge in [-0.15, -0.1) is 11.3 Å². The second kappa shape index (κ2) is 7.80. The zero-order valence-electron chi connectivity index (χ0n) is 17.1. The maximum atomic E-state index is 13.6. The molecule has 6 nitrogen and oxygen atoms in total. The van der Waals surface area contributed by atoms with Crippen LogP contribution in [0.15, 0.2) is 42.2 Å². The van der Waals surface area contributed by atoms with Crippen LogP contribution in [0, 0.1) is 19.8 Å². The molecule has 0 radical (unpaired) electrons. The van der Waals surface area contributed by atoms with Crippen molar-refractivity contribution in [2.75, 3.05) is 6.54 Å². The van der Waals surface area contributed by atoms with Crippen molar-refractivity contribution < 1.29 is 9.53 Å². The highest BCUT2D eigenvalue weighted by molar-refractivity contribution is 7.13. The van der Waals surface area contributed by atoms with E-state index >= 15 is 0 Å². The fourth-order valence-corrected chi connectivity index (χ4v) is 5.22. The number of hydrogen-bond donors (Lipinski definition) is 0. The number of ether oxygens (including phenoxy) is 1. The lowest BCUT2D eigenvalue weighted by Gasteiger charge is -2.49. The van der Waals surface area contributed by atoms with Gasteiger partial charge in [0.05, 0.1) is 6.04 Å². The normalized spacial score (nSPS) is 22.9. The molecule has 3 aliphatic rings. The maximum Gasteiger partial charge on any atom is 0.273 e.